The van der Waals surface area contributed by atoms with Crippen LogP contribution >= 0.6 is 0 Å². The highest BCUT2D eigenvalue weighted by Gasteiger charge is 2.35. The van der Waals surface area contributed by atoms with Crippen LogP contribution in [0.1, 0.15) is 34.9 Å². The summed E-state index contributed by atoms with van der Waals surface area (Å²) in [4.78, 5) is 26.7. The molecular weight excluding hydrogens is 320 g/mol. The first-order chi connectivity index (χ1) is 11.8. The summed E-state index contributed by atoms with van der Waals surface area (Å²) in [7, 11) is 0. The highest BCUT2D eigenvalue weighted by Crippen LogP contribution is 2.30. The number of rotatable bonds is 4. The van der Waals surface area contributed by atoms with Crippen LogP contribution in [0.25, 0.3) is 0 Å². The average molecular weight is 342 g/mol. The molecule has 0 unspecified atom stereocenters. The van der Waals surface area contributed by atoms with Gasteiger partial charge in [0.25, 0.3) is 0 Å². The van der Waals surface area contributed by atoms with Crippen molar-refractivity contribution in [2.24, 2.45) is 0 Å². The largest absolute Gasteiger partial charge is 0.425 e. The van der Waals surface area contributed by atoms with Gasteiger partial charge in [0.05, 0.1) is 0 Å². The Labute approximate surface area is 146 Å². The SMILES string of the molecule is Cc1cc(C)c(N2CC[C@@H](NC(=O)Cc3nnc(C)o3)C2=O)c(C)c1. The molecule has 1 fully saturated rings. The Morgan fingerprint density at radius 3 is 2.52 bits per heavy atom. The summed E-state index contributed by atoms with van der Waals surface area (Å²) in [6.07, 6.45) is 0.563. The third-order valence-electron chi connectivity index (χ3n) is 4.33. The van der Waals surface area contributed by atoms with Gasteiger partial charge >= 0.3 is 0 Å². The van der Waals surface area contributed by atoms with E-state index < -0.39 is 6.04 Å². The first kappa shape index (κ1) is 17.1. The molecule has 2 amide bonds. The molecule has 1 aromatic carbocycles. The van der Waals surface area contributed by atoms with Crippen LogP contribution in [0.15, 0.2) is 16.5 Å². The van der Waals surface area contributed by atoms with Crippen molar-refractivity contribution in [3.05, 3.63) is 40.6 Å². The van der Waals surface area contributed by atoms with Gasteiger partial charge in [0, 0.05) is 19.2 Å². The maximum absolute atomic E-state index is 12.7. The molecular formula is C18H22N4O3. The zero-order valence-electron chi connectivity index (χ0n) is 14.9. The predicted molar refractivity (Wildman–Crippen MR) is 92.3 cm³/mol. The van der Waals surface area contributed by atoms with E-state index in [1.807, 2.05) is 20.8 Å². The number of carbonyl (C=O) groups is 2. The van der Waals surface area contributed by atoms with Gasteiger partial charge in [-0.2, -0.15) is 0 Å². The molecule has 0 spiro atoms. The van der Waals surface area contributed by atoms with Gasteiger partial charge in [0.15, 0.2) is 0 Å². The molecule has 7 heteroatoms. The fraction of sp³-hybridized carbons (Fsp3) is 0.444. The monoisotopic (exact) mass is 342 g/mol. The van der Waals surface area contributed by atoms with Gasteiger partial charge in [0.2, 0.25) is 23.6 Å². The van der Waals surface area contributed by atoms with E-state index in [2.05, 4.69) is 27.6 Å². The van der Waals surface area contributed by atoms with E-state index >= 15 is 0 Å². The summed E-state index contributed by atoms with van der Waals surface area (Å²) in [6, 6.07) is 3.62. The van der Waals surface area contributed by atoms with Gasteiger partial charge in [-0.15, -0.1) is 10.2 Å². The number of hydrogen-bond acceptors (Lipinski definition) is 5. The Morgan fingerprint density at radius 1 is 1.24 bits per heavy atom. The number of nitrogens with zero attached hydrogens (tertiary/aromatic N) is 3. The molecule has 25 heavy (non-hydrogen) atoms. The predicted octanol–water partition coefficient (Wildman–Crippen LogP) is 1.77. The second-order valence-electron chi connectivity index (χ2n) is 6.54. The molecule has 3 rings (SSSR count). The zero-order valence-corrected chi connectivity index (χ0v) is 14.9. The summed E-state index contributed by atoms with van der Waals surface area (Å²) in [5.41, 5.74) is 4.25. The normalized spacial score (nSPS) is 17.2. The summed E-state index contributed by atoms with van der Waals surface area (Å²) in [5.74, 6) is 0.296. The van der Waals surface area contributed by atoms with Crippen molar-refractivity contribution in [1.82, 2.24) is 15.5 Å². The van der Waals surface area contributed by atoms with Crippen molar-refractivity contribution in [3.63, 3.8) is 0 Å². The molecule has 1 saturated heterocycles. The van der Waals surface area contributed by atoms with Crippen molar-refractivity contribution in [2.45, 2.75) is 46.6 Å². The smallest absolute Gasteiger partial charge is 0.249 e. The fourth-order valence-electron chi connectivity index (χ4n) is 3.43. The Kier molecular flexibility index (Phi) is 4.57. The van der Waals surface area contributed by atoms with E-state index in [4.69, 9.17) is 4.42 Å². The summed E-state index contributed by atoms with van der Waals surface area (Å²) < 4.78 is 5.20. The van der Waals surface area contributed by atoms with Gasteiger partial charge in [-0.25, -0.2) is 0 Å². The van der Waals surface area contributed by atoms with Gasteiger partial charge in [-0.1, -0.05) is 17.7 Å². The summed E-state index contributed by atoms with van der Waals surface area (Å²) >= 11 is 0. The van der Waals surface area contributed by atoms with Crippen LogP contribution in [-0.4, -0.2) is 34.6 Å². The third-order valence-corrected chi connectivity index (χ3v) is 4.33. The van der Waals surface area contributed by atoms with Crippen LogP contribution in [-0.2, 0) is 16.0 Å². The van der Waals surface area contributed by atoms with Crippen LogP contribution < -0.4 is 10.2 Å². The summed E-state index contributed by atoms with van der Waals surface area (Å²) in [5, 5.41) is 10.3. The standard InChI is InChI=1S/C18H22N4O3/c1-10-7-11(2)17(12(3)8-10)22-6-5-14(18(22)24)19-15(23)9-16-21-20-13(4)25-16/h7-8,14H,5-6,9H2,1-4H3,(H,19,23)/t14-/m1/s1. The minimum Gasteiger partial charge on any atom is -0.425 e. The summed E-state index contributed by atoms with van der Waals surface area (Å²) in [6.45, 7) is 8.31. The second-order valence-corrected chi connectivity index (χ2v) is 6.54. The molecule has 0 aliphatic carbocycles. The van der Waals surface area contributed by atoms with Crippen molar-refractivity contribution < 1.29 is 14.0 Å². The number of aromatic nitrogens is 2. The molecule has 1 atom stereocenters. The van der Waals surface area contributed by atoms with Gasteiger partial charge in [0.1, 0.15) is 12.5 Å². The molecule has 1 aliphatic heterocycles. The van der Waals surface area contributed by atoms with Gasteiger partial charge in [-0.3, -0.25) is 9.59 Å². The number of nitrogens with one attached hydrogen (secondary N) is 1. The zero-order chi connectivity index (χ0) is 18.1. The number of aryl methyl sites for hydroxylation is 4. The maximum atomic E-state index is 12.7. The number of amides is 2. The van der Waals surface area contributed by atoms with E-state index in [1.54, 1.807) is 11.8 Å². The number of hydrogen-bond donors (Lipinski definition) is 1. The molecule has 0 saturated carbocycles. The Balaban J connectivity index is 1.69. The van der Waals surface area contributed by atoms with Crippen molar-refractivity contribution in [3.8, 4) is 0 Å². The highest BCUT2D eigenvalue weighted by atomic mass is 16.4. The quantitative estimate of drug-likeness (QED) is 0.915. The number of carbonyl (C=O) groups excluding carboxylic acids is 2. The van der Waals surface area contributed by atoms with E-state index in [-0.39, 0.29) is 24.1 Å². The lowest BCUT2D eigenvalue weighted by Crippen LogP contribution is -2.42. The second kappa shape index (κ2) is 6.66. The number of benzene rings is 1. The van der Waals surface area contributed by atoms with Crippen molar-refractivity contribution >= 4 is 17.5 Å². The van der Waals surface area contributed by atoms with Crippen LogP contribution in [0, 0.1) is 27.7 Å². The molecule has 2 heterocycles. The fourth-order valence-corrected chi connectivity index (χ4v) is 3.43. The molecule has 1 aliphatic rings. The van der Waals surface area contributed by atoms with E-state index in [1.165, 1.54) is 5.56 Å². The lowest BCUT2D eigenvalue weighted by Gasteiger charge is -2.22. The minimum absolute atomic E-state index is 0.0206. The molecule has 7 nitrogen and oxygen atoms in total. The lowest BCUT2D eigenvalue weighted by molar-refractivity contribution is -0.126. The Bertz CT molecular complexity index is 804. The molecule has 132 valence electrons. The first-order valence-corrected chi connectivity index (χ1v) is 8.32. The molecule has 1 aromatic heterocycles. The van der Waals surface area contributed by atoms with Crippen molar-refractivity contribution in [1.29, 1.82) is 0 Å². The first-order valence-electron chi connectivity index (χ1n) is 8.32. The Hall–Kier alpha value is -2.70. The topological polar surface area (TPSA) is 88.3 Å². The van der Waals surface area contributed by atoms with Crippen molar-refractivity contribution in [2.75, 3.05) is 11.4 Å². The van der Waals surface area contributed by atoms with Crippen LogP contribution in [0.3, 0.4) is 0 Å². The third kappa shape index (κ3) is 3.55. The van der Waals surface area contributed by atoms with E-state index in [0.29, 0.717) is 18.9 Å². The minimum atomic E-state index is -0.517. The van der Waals surface area contributed by atoms with E-state index in [0.717, 1.165) is 16.8 Å². The van der Waals surface area contributed by atoms with Crippen LogP contribution in [0.2, 0.25) is 0 Å². The van der Waals surface area contributed by atoms with E-state index in [9.17, 15) is 9.59 Å². The van der Waals surface area contributed by atoms with Crippen LogP contribution in [0.4, 0.5) is 5.69 Å². The Morgan fingerprint density at radius 2 is 1.92 bits per heavy atom. The van der Waals surface area contributed by atoms with Crippen LogP contribution in [0.5, 0.6) is 0 Å². The highest BCUT2D eigenvalue weighted by molar-refractivity contribution is 6.02. The molecule has 0 bridgehead atoms. The maximum Gasteiger partial charge on any atom is 0.249 e. The lowest BCUT2D eigenvalue weighted by atomic mass is 10.0. The van der Waals surface area contributed by atoms with Gasteiger partial charge in [-0.05, 0) is 38.3 Å². The van der Waals surface area contributed by atoms with Gasteiger partial charge < -0.3 is 14.6 Å². The molecule has 2 aromatic rings. The average Bonchev–Trinajstić information content (AvgIpc) is 3.06. The number of anilines is 1. The molecule has 1 N–H and O–H groups in total. The molecule has 0 radical (unpaired) electrons.